The molecule has 154 valence electrons. The highest BCUT2D eigenvalue weighted by molar-refractivity contribution is 14.0. The van der Waals surface area contributed by atoms with Gasteiger partial charge in [0.05, 0.1) is 32.1 Å². The molecule has 0 bridgehead atoms. The zero-order valence-corrected chi connectivity index (χ0v) is 19.2. The van der Waals surface area contributed by atoms with E-state index in [-0.39, 0.29) is 24.0 Å². The maximum absolute atomic E-state index is 5.46. The van der Waals surface area contributed by atoms with Crippen molar-refractivity contribution >= 4 is 29.9 Å². The second kappa shape index (κ2) is 11.2. The molecule has 3 atom stereocenters. The zero-order valence-electron chi connectivity index (χ0n) is 16.9. The molecule has 2 fully saturated rings. The van der Waals surface area contributed by atoms with Crippen LogP contribution in [0.2, 0.25) is 0 Å². The smallest absolute Gasteiger partial charge is 0.194 e. The van der Waals surface area contributed by atoms with Gasteiger partial charge in [-0.3, -0.25) is 9.89 Å². The Bertz CT molecular complexity index is 561. The molecule has 8 heteroatoms. The summed E-state index contributed by atoms with van der Waals surface area (Å²) >= 11 is 0. The Morgan fingerprint density at radius 3 is 2.78 bits per heavy atom. The fourth-order valence-corrected chi connectivity index (χ4v) is 3.87. The first-order valence-corrected chi connectivity index (χ1v) is 10.0. The van der Waals surface area contributed by atoms with Crippen molar-refractivity contribution in [3.05, 3.63) is 18.7 Å². The molecule has 2 aliphatic heterocycles. The van der Waals surface area contributed by atoms with Crippen molar-refractivity contribution in [1.82, 2.24) is 24.7 Å². The lowest BCUT2D eigenvalue weighted by atomic mass is 9.93. The third kappa shape index (κ3) is 6.05. The van der Waals surface area contributed by atoms with Crippen molar-refractivity contribution in [3.63, 3.8) is 0 Å². The molecule has 27 heavy (non-hydrogen) atoms. The third-order valence-corrected chi connectivity index (χ3v) is 5.64. The van der Waals surface area contributed by atoms with E-state index in [1.54, 1.807) is 0 Å². The fraction of sp³-hybridized carbons (Fsp3) is 0.789. The number of imidazole rings is 1. The number of hydrogen-bond acceptors (Lipinski definition) is 4. The van der Waals surface area contributed by atoms with E-state index >= 15 is 0 Å². The van der Waals surface area contributed by atoms with E-state index in [1.165, 1.54) is 6.42 Å². The number of aromatic nitrogens is 2. The predicted molar refractivity (Wildman–Crippen MR) is 120 cm³/mol. The molecule has 0 spiro atoms. The Morgan fingerprint density at radius 2 is 2.11 bits per heavy atom. The molecular weight excluding hydrogens is 455 g/mol. The van der Waals surface area contributed by atoms with E-state index in [1.807, 2.05) is 12.5 Å². The minimum absolute atomic E-state index is 0. The molecule has 0 aromatic carbocycles. The van der Waals surface area contributed by atoms with Gasteiger partial charge in [0.25, 0.3) is 0 Å². The molecule has 3 heterocycles. The number of ether oxygens (including phenoxy) is 1. The lowest BCUT2D eigenvalue weighted by Crippen LogP contribution is -2.49. The van der Waals surface area contributed by atoms with Gasteiger partial charge in [-0.2, -0.15) is 0 Å². The van der Waals surface area contributed by atoms with Crippen molar-refractivity contribution in [1.29, 1.82) is 0 Å². The summed E-state index contributed by atoms with van der Waals surface area (Å²) < 4.78 is 7.71. The first kappa shape index (κ1) is 22.4. The summed E-state index contributed by atoms with van der Waals surface area (Å²) in [5.41, 5.74) is 0. The molecule has 3 unspecified atom stereocenters. The van der Waals surface area contributed by atoms with Gasteiger partial charge >= 0.3 is 0 Å². The Balaban J connectivity index is 0.00000261. The highest BCUT2D eigenvalue weighted by Crippen LogP contribution is 2.27. The number of aliphatic imine (C=N–C) groups is 1. The van der Waals surface area contributed by atoms with Crippen molar-refractivity contribution < 1.29 is 4.74 Å². The Kier molecular flexibility index (Phi) is 9.31. The minimum Gasteiger partial charge on any atom is -0.379 e. The van der Waals surface area contributed by atoms with Crippen LogP contribution in [0.25, 0.3) is 0 Å². The van der Waals surface area contributed by atoms with E-state index in [0.29, 0.717) is 18.0 Å². The van der Waals surface area contributed by atoms with Gasteiger partial charge in [-0.15, -0.1) is 24.0 Å². The number of morpholine rings is 1. The molecule has 0 amide bonds. The van der Waals surface area contributed by atoms with Gasteiger partial charge in [0, 0.05) is 51.2 Å². The lowest BCUT2D eigenvalue weighted by Gasteiger charge is -2.39. The Morgan fingerprint density at radius 1 is 1.33 bits per heavy atom. The molecule has 2 aliphatic rings. The number of guanidine groups is 1. The zero-order chi connectivity index (χ0) is 18.4. The first-order chi connectivity index (χ1) is 12.7. The first-order valence-electron chi connectivity index (χ1n) is 10.0. The van der Waals surface area contributed by atoms with E-state index in [4.69, 9.17) is 9.73 Å². The Labute approximate surface area is 180 Å². The lowest BCUT2D eigenvalue weighted by molar-refractivity contribution is 0.0220. The van der Waals surface area contributed by atoms with Gasteiger partial charge < -0.3 is 19.5 Å². The molecule has 1 aromatic heterocycles. The second-order valence-corrected chi connectivity index (χ2v) is 7.48. The summed E-state index contributed by atoms with van der Waals surface area (Å²) in [4.78, 5) is 14.1. The normalized spacial score (nSPS) is 25.7. The summed E-state index contributed by atoms with van der Waals surface area (Å²) in [6.07, 6.45) is 7.06. The quantitative estimate of drug-likeness (QED) is 0.389. The van der Waals surface area contributed by atoms with Gasteiger partial charge in [-0.1, -0.05) is 6.92 Å². The number of nitrogens with one attached hydrogen (secondary N) is 1. The van der Waals surface area contributed by atoms with Crippen molar-refractivity contribution in [3.8, 4) is 0 Å². The van der Waals surface area contributed by atoms with Crippen LogP contribution in [0.15, 0.2) is 23.7 Å². The van der Waals surface area contributed by atoms with Gasteiger partial charge in [0.2, 0.25) is 0 Å². The monoisotopic (exact) mass is 490 g/mol. The molecule has 0 radical (unpaired) electrons. The van der Waals surface area contributed by atoms with Crippen LogP contribution in [-0.2, 0) is 4.74 Å². The summed E-state index contributed by atoms with van der Waals surface area (Å²) in [6, 6.07) is 0.896. The molecule has 7 nitrogen and oxygen atoms in total. The van der Waals surface area contributed by atoms with Crippen LogP contribution in [0.5, 0.6) is 0 Å². The summed E-state index contributed by atoms with van der Waals surface area (Å²) in [7, 11) is 0. The molecule has 0 aliphatic carbocycles. The maximum Gasteiger partial charge on any atom is 0.194 e. The van der Waals surface area contributed by atoms with Crippen molar-refractivity contribution in [2.45, 2.75) is 39.3 Å². The molecule has 1 N–H and O–H groups in total. The van der Waals surface area contributed by atoms with E-state index in [2.05, 4.69) is 51.6 Å². The predicted octanol–water partition coefficient (Wildman–Crippen LogP) is 2.07. The van der Waals surface area contributed by atoms with Gasteiger partial charge in [-0.05, 0) is 26.2 Å². The number of hydrogen-bond donors (Lipinski definition) is 1. The van der Waals surface area contributed by atoms with Crippen LogP contribution in [0, 0.1) is 5.92 Å². The number of rotatable bonds is 5. The average Bonchev–Trinajstić information content (AvgIpc) is 3.20. The van der Waals surface area contributed by atoms with Crippen LogP contribution >= 0.6 is 24.0 Å². The van der Waals surface area contributed by atoms with Crippen LogP contribution in [0.4, 0.5) is 0 Å². The van der Waals surface area contributed by atoms with Crippen molar-refractivity contribution in [2.75, 3.05) is 52.5 Å². The molecular formula is C19H35IN6O. The summed E-state index contributed by atoms with van der Waals surface area (Å²) in [5.74, 6) is 1.69. The molecule has 2 saturated heterocycles. The van der Waals surface area contributed by atoms with Gasteiger partial charge in [0.15, 0.2) is 5.96 Å². The number of likely N-dealkylation sites (tertiary alicyclic amines) is 1. The van der Waals surface area contributed by atoms with Crippen LogP contribution in [0.1, 0.15) is 33.2 Å². The maximum atomic E-state index is 5.46. The summed E-state index contributed by atoms with van der Waals surface area (Å²) in [6.45, 7) is 14.2. The number of piperidine rings is 1. The van der Waals surface area contributed by atoms with E-state index in [0.717, 1.165) is 58.4 Å². The topological polar surface area (TPSA) is 57.9 Å². The summed E-state index contributed by atoms with van der Waals surface area (Å²) in [5, 5.41) is 3.50. The fourth-order valence-electron chi connectivity index (χ4n) is 3.87. The van der Waals surface area contributed by atoms with Crippen LogP contribution < -0.4 is 5.32 Å². The second-order valence-electron chi connectivity index (χ2n) is 7.48. The van der Waals surface area contributed by atoms with Crippen LogP contribution in [-0.4, -0.2) is 83.8 Å². The van der Waals surface area contributed by atoms with E-state index < -0.39 is 0 Å². The molecule has 0 saturated carbocycles. The standard InChI is InChI=1S/C19H34N6O.HI/c1-4-21-19(22-13-17(3)23-9-11-26-12-10-23)24-7-5-16(2)18(14-24)25-8-6-20-15-25;/h6,8,15-18H,4-5,7,9-14H2,1-3H3,(H,21,22);1H. The molecule has 1 aromatic rings. The van der Waals surface area contributed by atoms with Gasteiger partial charge in [-0.25, -0.2) is 4.98 Å². The third-order valence-electron chi connectivity index (χ3n) is 5.64. The van der Waals surface area contributed by atoms with Crippen LogP contribution in [0.3, 0.4) is 0 Å². The Hall–Kier alpha value is -0.870. The largest absolute Gasteiger partial charge is 0.379 e. The average molecular weight is 490 g/mol. The number of halogens is 1. The SMILES string of the molecule is CCNC(=NCC(C)N1CCOCC1)N1CCC(C)C(n2ccnc2)C1.I. The minimum atomic E-state index is 0. The number of nitrogens with zero attached hydrogens (tertiary/aromatic N) is 5. The highest BCUT2D eigenvalue weighted by Gasteiger charge is 2.29. The molecule has 3 rings (SSSR count). The van der Waals surface area contributed by atoms with E-state index in [9.17, 15) is 0 Å². The van der Waals surface area contributed by atoms with Gasteiger partial charge in [0.1, 0.15) is 0 Å². The van der Waals surface area contributed by atoms with Crippen molar-refractivity contribution in [2.24, 2.45) is 10.9 Å². The highest BCUT2D eigenvalue weighted by atomic mass is 127.